The summed E-state index contributed by atoms with van der Waals surface area (Å²) in [5, 5.41) is 68.8. The molecule has 2 aromatic carbocycles. The number of phenolic OH excluding ortho intramolecular Hbond substituents is 3. The van der Waals surface area contributed by atoms with Crippen LogP contribution in [0.15, 0.2) is 45.6 Å². The molecule has 1 saturated heterocycles. The van der Waals surface area contributed by atoms with Crippen molar-refractivity contribution < 1.29 is 49.6 Å². The zero-order valence-corrected chi connectivity index (χ0v) is 16.3. The predicted octanol–water partition coefficient (Wildman–Crippen LogP) is -0.244. The first-order valence-corrected chi connectivity index (χ1v) is 9.50. The minimum absolute atomic E-state index is 0.00846. The van der Waals surface area contributed by atoms with Crippen LogP contribution in [0.3, 0.4) is 0 Å². The van der Waals surface area contributed by atoms with Crippen molar-refractivity contribution in [2.45, 2.75) is 30.7 Å². The molecule has 0 bridgehead atoms. The molecule has 4 rings (SSSR count). The average Bonchev–Trinajstić information content (AvgIpc) is 2.77. The number of benzene rings is 2. The maximum atomic E-state index is 13.2. The number of hydrogen-bond donors (Lipinski definition) is 7. The Labute approximate surface area is 179 Å². The maximum absolute atomic E-state index is 13.2. The Bertz CT molecular complexity index is 1200. The highest BCUT2D eigenvalue weighted by Crippen LogP contribution is 2.37. The molecule has 0 saturated carbocycles. The molecule has 0 amide bonds. The summed E-state index contributed by atoms with van der Waals surface area (Å²) in [6.07, 6.45) is -8.10. The van der Waals surface area contributed by atoms with Gasteiger partial charge in [-0.15, -0.1) is 0 Å². The Morgan fingerprint density at radius 1 is 0.906 bits per heavy atom. The van der Waals surface area contributed by atoms with E-state index in [2.05, 4.69) is 0 Å². The quantitative estimate of drug-likeness (QED) is 0.261. The first kappa shape index (κ1) is 21.9. The first-order valence-electron chi connectivity index (χ1n) is 9.50. The van der Waals surface area contributed by atoms with Crippen LogP contribution in [0.4, 0.5) is 0 Å². The number of rotatable bonds is 4. The molecule has 1 aromatic heterocycles. The number of ether oxygens (including phenoxy) is 2. The van der Waals surface area contributed by atoms with Crippen molar-refractivity contribution in [3.8, 4) is 34.3 Å². The van der Waals surface area contributed by atoms with Gasteiger partial charge < -0.3 is 49.6 Å². The second-order valence-electron chi connectivity index (χ2n) is 7.29. The molecule has 2 unspecified atom stereocenters. The molecule has 32 heavy (non-hydrogen) atoms. The Hall–Kier alpha value is -3.35. The fraction of sp³-hybridized carbons (Fsp3) is 0.286. The number of phenols is 3. The molecule has 0 spiro atoms. The van der Waals surface area contributed by atoms with E-state index in [-0.39, 0.29) is 28.0 Å². The zero-order valence-electron chi connectivity index (χ0n) is 16.3. The topological polar surface area (TPSA) is 190 Å². The number of aliphatic hydroxyl groups excluding tert-OH is 4. The molecule has 1 aliphatic heterocycles. The van der Waals surface area contributed by atoms with Crippen molar-refractivity contribution in [3.63, 3.8) is 0 Å². The van der Waals surface area contributed by atoms with Crippen LogP contribution in [0.2, 0.25) is 0 Å². The average molecular weight is 448 g/mol. The van der Waals surface area contributed by atoms with Crippen molar-refractivity contribution in [3.05, 3.63) is 46.6 Å². The van der Waals surface area contributed by atoms with Gasteiger partial charge >= 0.3 is 0 Å². The SMILES string of the molecule is O=c1c(O[C@H]2O[C@H](CO)[C@@H](O)C(O)C2O)c(-c2ccc(O)c(O)c2)oc2cc(O)ccc12. The molecule has 0 aliphatic carbocycles. The second-order valence-corrected chi connectivity index (χ2v) is 7.29. The van der Waals surface area contributed by atoms with E-state index in [4.69, 9.17) is 13.9 Å². The van der Waals surface area contributed by atoms with Gasteiger partial charge in [-0.05, 0) is 30.3 Å². The summed E-state index contributed by atoms with van der Waals surface area (Å²) >= 11 is 0. The molecule has 5 atom stereocenters. The van der Waals surface area contributed by atoms with Crippen LogP contribution >= 0.6 is 0 Å². The number of aromatic hydroxyl groups is 3. The lowest BCUT2D eigenvalue weighted by Gasteiger charge is -2.39. The van der Waals surface area contributed by atoms with Crippen LogP contribution in [-0.2, 0) is 4.74 Å². The highest BCUT2D eigenvalue weighted by atomic mass is 16.7. The Kier molecular flexibility index (Phi) is 5.67. The third-order valence-corrected chi connectivity index (χ3v) is 5.15. The minimum atomic E-state index is -1.79. The molecule has 1 fully saturated rings. The summed E-state index contributed by atoms with van der Waals surface area (Å²) in [5.74, 6) is -1.83. The van der Waals surface area contributed by atoms with Crippen LogP contribution in [0.25, 0.3) is 22.3 Å². The Balaban J connectivity index is 1.87. The largest absolute Gasteiger partial charge is 0.508 e. The first-order chi connectivity index (χ1) is 15.2. The standard InChI is InChI=1S/C21H20O11/c22-7-14-16(27)17(28)18(29)21(31-14)32-20-15(26)10-3-2-9(23)6-13(10)30-19(20)8-1-4-11(24)12(25)5-8/h1-6,14,16-18,21-25,27-29H,7H2/t14-,16-,17?,18?,21-/m1/s1. The van der Waals surface area contributed by atoms with Crippen LogP contribution in [0.1, 0.15) is 0 Å². The van der Waals surface area contributed by atoms with E-state index in [0.717, 1.165) is 12.1 Å². The molecule has 2 heterocycles. The summed E-state index contributed by atoms with van der Waals surface area (Å²) in [6.45, 7) is -0.699. The Morgan fingerprint density at radius 2 is 1.66 bits per heavy atom. The van der Waals surface area contributed by atoms with E-state index in [9.17, 15) is 40.5 Å². The maximum Gasteiger partial charge on any atom is 0.235 e. The lowest BCUT2D eigenvalue weighted by atomic mass is 9.99. The van der Waals surface area contributed by atoms with E-state index in [1.807, 2.05) is 0 Å². The fourth-order valence-corrected chi connectivity index (χ4v) is 3.41. The minimum Gasteiger partial charge on any atom is -0.508 e. The van der Waals surface area contributed by atoms with Gasteiger partial charge in [-0.1, -0.05) is 0 Å². The number of aliphatic hydroxyl groups is 4. The van der Waals surface area contributed by atoms with Gasteiger partial charge in [0.05, 0.1) is 12.0 Å². The van der Waals surface area contributed by atoms with Crippen LogP contribution in [0, 0.1) is 0 Å². The van der Waals surface area contributed by atoms with Gasteiger partial charge in [0.2, 0.25) is 17.5 Å². The summed E-state index contributed by atoms with van der Waals surface area (Å²) in [5.41, 5.74) is -0.647. The van der Waals surface area contributed by atoms with Gasteiger partial charge in [0.15, 0.2) is 17.3 Å². The van der Waals surface area contributed by atoms with Crippen molar-refractivity contribution in [1.82, 2.24) is 0 Å². The van der Waals surface area contributed by atoms with Gasteiger partial charge in [-0.3, -0.25) is 4.79 Å². The summed E-state index contributed by atoms with van der Waals surface area (Å²) in [6, 6.07) is 7.30. The summed E-state index contributed by atoms with van der Waals surface area (Å²) in [7, 11) is 0. The molecule has 7 N–H and O–H groups in total. The van der Waals surface area contributed by atoms with E-state index in [1.165, 1.54) is 24.3 Å². The van der Waals surface area contributed by atoms with Crippen LogP contribution in [0.5, 0.6) is 23.0 Å². The Morgan fingerprint density at radius 3 is 2.34 bits per heavy atom. The lowest BCUT2D eigenvalue weighted by Crippen LogP contribution is -2.60. The second kappa shape index (κ2) is 8.30. The highest BCUT2D eigenvalue weighted by Gasteiger charge is 2.45. The highest BCUT2D eigenvalue weighted by molar-refractivity contribution is 5.83. The smallest absolute Gasteiger partial charge is 0.235 e. The lowest BCUT2D eigenvalue weighted by molar-refractivity contribution is -0.277. The summed E-state index contributed by atoms with van der Waals surface area (Å²) in [4.78, 5) is 13.2. The van der Waals surface area contributed by atoms with Gasteiger partial charge in [0, 0.05) is 11.6 Å². The number of fused-ring (bicyclic) bond motifs is 1. The third kappa shape index (κ3) is 3.72. The normalized spacial score (nSPS) is 25.7. The molecule has 11 nitrogen and oxygen atoms in total. The van der Waals surface area contributed by atoms with Gasteiger partial charge in [0.1, 0.15) is 35.7 Å². The van der Waals surface area contributed by atoms with E-state index < -0.39 is 60.0 Å². The molecular weight excluding hydrogens is 428 g/mol. The fourth-order valence-electron chi connectivity index (χ4n) is 3.41. The molecular formula is C21H20O11. The van der Waals surface area contributed by atoms with Crippen molar-refractivity contribution in [2.24, 2.45) is 0 Å². The van der Waals surface area contributed by atoms with Crippen molar-refractivity contribution in [2.75, 3.05) is 6.61 Å². The molecule has 170 valence electrons. The number of hydrogen-bond acceptors (Lipinski definition) is 11. The molecule has 3 aromatic rings. The van der Waals surface area contributed by atoms with Crippen molar-refractivity contribution in [1.29, 1.82) is 0 Å². The third-order valence-electron chi connectivity index (χ3n) is 5.15. The zero-order chi connectivity index (χ0) is 23.2. The van der Waals surface area contributed by atoms with E-state index in [0.29, 0.717) is 0 Å². The van der Waals surface area contributed by atoms with Crippen LogP contribution < -0.4 is 10.2 Å². The molecule has 0 radical (unpaired) electrons. The molecule has 11 heteroatoms. The summed E-state index contributed by atoms with van der Waals surface area (Å²) < 4.78 is 16.6. The van der Waals surface area contributed by atoms with Crippen molar-refractivity contribution >= 4 is 11.0 Å². The monoisotopic (exact) mass is 448 g/mol. The predicted molar refractivity (Wildman–Crippen MR) is 107 cm³/mol. The van der Waals surface area contributed by atoms with Gasteiger partial charge in [-0.25, -0.2) is 0 Å². The van der Waals surface area contributed by atoms with Gasteiger partial charge in [0.25, 0.3) is 0 Å². The van der Waals surface area contributed by atoms with Crippen LogP contribution in [-0.4, -0.2) is 73.1 Å². The van der Waals surface area contributed by atoms with E-state index in [1.54, 1.807) is 0 Å². The van der Waals surface area contributed by atoms with Gasteiger partial charge in [-0.2, -0.15) is 0 Å². The van der Waals surface area contributed by atoms with E-state index >= 15 is 0 Å². The molecule has 1 aliphatic rings.